The van der Waals surface area contributed by atoms with E-state index in [4.69, 9.17) is 4.42 Å². The zero-order chi connectivity index (χ0) is 18.7. The van der Waals surface area contributed by atoms with Gasteiger partial charge in [-0.3, -0.25) is 4.79 Å². The molecule has 0 aliphatic carbocycles. The molecule has 2 aromatic heterocycles. The highest BCUT2D eigenvalue weighted by Gasteiger charge is 2.29. The van der Waals surface area contributed by atoms with E-state index in [0.29, 0.717) is 25.9 Å². The first kappa shape index (κ1) is 19.1. The lowest BCUT2D eigenvalue weighted by molar-refractivity contribution is -0.126. The van der Waals surface area contributed by atoms with Gasteiger partial charge in [0.2, 0.25) is 15.9 Å². The second-order valence-corrected chi connectivity index (χ2v) is 9.47. The van der Waals surface area contributed by atoms with Crippen molar-refractivity contribution >= 4 is 27.3 Å². The number of furan rings is 1. The molecule has 0 bridgehead atoms. The number of nitrogens with zero attached hydrogens (tertiary/aromatic N) is 1. The minimum atomic E-state index is -3.20. The smallest absolute Gasteiger partial charge is 0.223 e. The highest BCUT2D eigenvalue weighted by Crippen LogP contribution is 2.31. The van der Waals surface area contributed by atoms with Crippen LogP contribution in [-0.2, 0) is 14.8 Å². The first-order valence-corrected chi connectivity index (χ1v) is 11.1. The van der Waals surface area contributed by atoms with E-state index in [1.54, 1.807) is 12.3 Å². The summed E-state index contributed by atoms with van der Waals surface area (Å²) in [6.07, 6.45) is 2.99. The number of sulfonamides is 1. The summed E-state index contributed by atoms with van der Waals surface area (Å²) in [5.41, 5.74) is 0. The molecule has 3 rings (SSSR count). The number of hydrogen-bond acceptors (Lipinski definition) is 6. The van der Waals surface area contributed by atoms with Crippen LogP contribution in [0, 0.1) is 5.92 Å². The van der Waals surface area contributed by atoms with E-state index in [9.17, 15) is 18.3 Å². The molecule has 3 heterocycles. The van der Waals surface area contributed by atoms with Gasteiger partial charge < -0.3 is 14.8 Å². The van der Waals surface area contributed by atoms with Crippen molar-refractivity contribution in [2.24, 2.45) is 5.92 Å². The van der Waals surface area contributed by atoms with Crippen molar-refractivity contribution in [2.45, 2.75) is 18.9 Å². The molecule has 1 atom stereocenters. The van der Waals surface area contributed by atoms with Crippen molar-refractivity contribution < 1.29 is 22.7 Å². The lowest BCUT2D eigenvalue weighted by atomic mass is 9.97. The summed E-state index contributed by atoms with van der Waals surface area (Å²) in [7, 11) is -3.20. The summed E-state index contributed by atoms with van der Waals surface area (Å²) in [4.78, 5) is 14.0. The van der Waals surface area contributed by atoms with Crippen LogP contribution in [0.15, 0.2) is 34.9 Å². The highest BCUT2D eigenvalue weighted by molar-refractivity contribution is 7.88. The minimum Gasteiger partial charge on any atom is -0.464 e. The summed E-state index contributed by atoms with van der Waals surface area (Å²) in [5, 5.41) is 13.1. The second kappa shape index (κ2) is 7.91. The van der Waals surface area contributed by atoms with E-state index in [2.05, 4.69) is 5.32 Å². The number of aliphatic hydroxyl groups is 1. The molecule has 1 saturated heterocycles. The number of aliphatic hydroxyl groups excluding tert-OH is 1. The Labute approximate surface area is 156 Å². The maximum atomic E-state index is 12.3. The quantitative estimate of drug-likeness (QED) is 0.773. The molecule has 0 saturated carbocycles. The third-order valence-electron chi connectivity index (χ3n) is 4.48. The van der Waals surface area contributed by atoms with Crippen molar-refractivity contribution in [2.75, 3.05) is 25.9 Å². The Hall–Kier alpha value is -1.68. The zero-order valence-corrected chi connectivity index (χ0v) is 16.1. The molecule has 9 heteroatoms. The molecule has 1 unspecified atom stereocenters. The molecule has 0 spiro atoms. The molecule has 7 nitrogen and oxygen atoms in total. The first-order valence-electron chi connectivity index (χ1n) is 8.39. The minimum absolute atomic E-state index is 0.128. The van der Waals surface area contributed by atoms with Gasteiger partial charge in [-0.25, -0.2) is 12.7 Å². The Morgan fingerprint density at radius 3 is 2.73 bits per heavy atom. The summed E-state index contributed by atoms with van der Waals surface area (Å²) in [5.74, 6) is 0.386. The molecule has 1 amide bonds. The Morgan fingerprint density at radius 1 is 1.38 bits per heavy atom. The fourth-order valence-electron chi connectivity index (χ4n) is 2.97. The van der Waals surface area contributed by atoms with Gasteiger partial charge in [0.05, 0.1) is 17.4 Å². The van der Waals surface area contributed by atoms with Crippen LogP contribution >= 0.6 is 11.3 Å². The predicted octanol–water partition coefficient (Wildman–Crippen LogP) is 1.83. The number of piperidine rings is 1. The number of carbonyl (C=O) groups excluding carboxylic acids is 1. The standard InChI is InChI=1S/C17H22N2O5S2/c1-26(22,23)19-8-6-12(7-9-19)17(21)18-11-13(20)15-4-5-16(25-15)14-3-2-10-24-14/h2-5,10,12-13,20H,6-9,11H2,1H3,(H,18,21). The van der Waals surface area contributed by atoms with E-state index < -0.39 is 16.1 Å². The normalized spacial score (nSPS) is 17.9. The van der Waals surface area contributed by atoms with Crippen LogP contribution in [0.25, 0.3) is 10.6 Å². The average Bonchev–Trinajstić information content (AvgIpc) is 3.29. The van der Waals surface area contributed by atoms with Gasteiger partial charge in [-0.1, -0.05) is 0 Å². The van der Waals surface area contributed by atoms with Crippen molar-refractivity contribution in [3.8, 4) is 10.6 Å². The first-order chi connectivity index (χ1) is 12.3. The molecule has 1 aliphatic rings. The molecular formula is C17H22N2O5S2. The van der Waals surface area contributed by atoms with Gasteiger partial charge in [0.15, 0.2) is 0 Å². The number of nitrogens with one attached hydrogen (secondary N) is 1. The Morgan fingerprint density at radius 2 is 2.12 bits per heavy atom. The number of amides is 1. The van der Waals surface area contributed by atoms with Crippen molar-refractivity contribution in [1.82, 2.24) is 9.62 Å². The number of thiophene rings is 1. The Kier molecular flexibility index (Phi) is 5.81. The van der Waals surface area contributed by atoms with Gasteiger partial charge in [-0.2, -0.15) is 0 Å². The molecule has 26 heavy (non-hydrogen) atoms. The SMILES string of the molecule is CS(=O)(=O)N1CCC(C(=O)NCC(O)c2ccc(-c3ccco3)s2)CC1. The third kappa shape index (κ3) is 4.53. The van der Waals surface area contributed by atoms with E-state index in [1.165, 1.54) is 21.9 Å². The summed E-state index contributed by atoms with van der Waals surface area (Å²) in [6, 6.07) is 7.36. The lowest BCUT2D eigenvalue weighted by Gasteiger charge is -2.29. The molecule has 0 aromatic carbocycles. The fraction of sp³-hybridized carbons (Fsp3) is 0.471. The van der Waals surface area contributed by atoms with Gasteiger partial charge in [0.25, 0.3) is 0 Å². The number of rotatable bonds is 6. The van der Waals surface area contributed by atoms with E-state index in [0.717, 1.165) is 15.5 Å². The fourth-order valence-corrected chi connectivity index (χ4v) is 4.81. The predicted molar refractivity (Wildman–Crippen MR) is 99.1 cm³/mol. The number of carbonyl (C=O) groups is 1. The lowest BCUT2D eigenvalue weighted by Crippen LogP contribution is -2.43. The van der Waals surface area contributed by atoms with Gasteiger partial charge in [0.1, 0.15) is 11.9 Å². The molecule has 1 fully saturated rings. The van der Waals surface area contributed by atoms with Crippen LogP contribution in [0.4, 0.5) is 0 Å². The van der Waals surface area contributed by atoms with Crippen LogP contribution in [0.2, 0.25) is 0 Å². The molecule has 1 aliphatic heterocycles. The van der Waals surface area contributed by atoms with Gasteiger partial charge in [-0.15, -0.1) is 11.3 Å². The molecule has 2 aromatic rings. The van der Waals surface area contributed by atoms with Gasteiger partial charge in [-0.05, 0) is 37.1 Å². The van der Waals surface area contributed by atoms with Crippen molar-refractivity contribution in [3.63, 3.8) is 0 Å². The van der Waals surface area contributed by atoms with Crippen LogP contribution < -0.4 is 5.32 Å². The Balaban J connectivity index is 1.49. The summed E-state index contributed by atoms with van der Waals surface area (Å²) < 4.78 is 29.7. The molecular weight excluding hydrogens is 376 g/mol. The monoisotopic (exact) mass is 398 g/mol. The average molecular weight is 399 g/mol. The van der Waals surface area contributed by atoms with Crippen LogP contribution in [-0.4, -0.2) is 49.6 Å². The third-order valence-corrected chi connectivity index (χ3v) is 6.99. The number of hydrogen-bond donors (Lipinski definition) is 2. The molecule has 142 valence electrons. The van der Waals surface area contributed by atoms with Crippen LogP contribution in [0.5, 0.6) is 0 Å². The largest absolute Gasteiger partial charge is 0.464 e. The van der Waals surface area contributed by atoms with Crippen molar-refractivity contribution in [3.05, 3.63) is 35.4 Å². The second-order valence-electron chi connectivity index (χ2n) is 6.38. The van der Waals surface area contributed by atoms with Crippen LogP contribution in [0.1, 0.15) is 23.8 Å². The maximum Gasteiger partial charge on any atom is 0.223 e. The Bertz CT molecular complexity index is 836. The molecule has 0 radical (unpaired) electrons. The summed E-state index contributed by atoms with van der Waals surface area (Å²) in [6.45, 7) is 0.844. The van der Waals surface area contributed by atoms with E-state index in [1.807, 2.05) is 18.2 Å². The topological polar surface area (TPSA) is 99.9 Å². The maximum absolute atomic E-state index is 12.3. The van der Waals surface area contributed by atoms with Crippen molar-refractivity contribution in [1.29, 1.82) is 0 Å². The zero-order valence-electron chi connectivity index (χ0n) is 14.4. The van der Waals surface area contributed by atoms with Gasteiger partial charge >= 0.3 is 0 Å². The van der Waals surface area contributed by atoms with Crippen LogP contribution in [0.3, 0.4) is 0 Å². The highest BCUT2D eigenvalue weighted by atomic mass is 32.2. The van der Waals surface area contributed by atoms with Gasteiger partial charge in [0, 0.05) is 30.4 Å². The van der Waals surface area contributed by atoms with E-state index >= 15 is 0 Å². The summed E-state index contributed by atoms with van der Waals surface area (Å²) >= 11 is 1.42. The molecule has 2 N–H and O–H groups in total. The van der Waals surface area contributed by atoms with E-state index in [-0.39, 0.29) is 18.4 Å².